The van der Waals surface area contributed by atoms with Crippen LogP contribution < -0.4 is 10.0 Å². The van der Waals surface area contributed by atoms with Crippen LogP contribution in [0.3, 0.4) is 0 Å². The predicted molar refractivity (Wildman–Crippen MR) is 142 cm³/mol. The van der Waals surface area contributed by atoms with Gasteiger partial charge in [0, 0.05) is 6.04 Å². The molecule has 0 radical (unpaired) electrons. The Balaban J connectivity index is 1.81. The van der Waals surface area contributed by atoms with Crippen LogP contribution in [0.25, 0.3) is 0 Å². The maximum Gasteiger partial charge on any atom is 0.338 e. The summed E-state index contributed by atoms with van der Waals surface area (Å²) in [4.78, 5) is 14.7. The molecule has 192 valence electrons. The van der Waals surface area contributed by atoms with Gasteiger partial charge in [0.15, 0.2) is 0 Å². The minimum Gasteiger partial charge on any atom is -0.478 e. The van der Waals surface area contributed by atoms with E-state index in [1.165, 1.54) is 0 Å². The number of carboxylic acid groups (broad SMARTS) is 1. The lowest BCUT2D eigenvalue weighted by atomic mass is 9.96. The largest absolute Gasteiger partial charge is 0.478 e. The molecule has 0 aliphatic heterocycles. The van der Waals surface area contributed by atoms with Crippen molar-refractivity contribution < 1.29 is 18.3 Å². The smallest absolute Gasteiger partial charge is 0.338 e. The second kappa shape index (κ2) is 12.4. The molecule has 8 heteroatoms. The number of aromatic carboxylic acids is 1. The van der Waals surface area contributed by atoms with Crippen molar-refractivity contribution in [3.05, 3.63) is 53.1 Å². The van der Waals surface area contributed by atoms with Crippen LogP contribution in [0.2, 0.25) is 0 Å². The molecule has 3 rings (SSSR count). The number of para-hydroxylation sites is 1. The van der Waals surface area contributed by atoms with Gasteiger partial charge in [-0.1, -0.05) is 38.5 Å². The molecule has 2 aromatic carbocycles. The number of carboxylic acids is 1. The maximum absolute atomic E-state index is 13.4. The molecule has 0 bridgehead atoms. The normalized spacial score (nSPS) is 14.7. The number of rotatable bonds is 12. The average Bonchev–Trinajstić information content (AvgIpc) is 3.07. The number of nitrogens with zero attached hydrogens (tertiary/aromatic N) is 1. The molecule has 0 spiro atoms. The van der Waals surface area contributed by atoms with Gasteiger partial charge in [-0.25, -0.2) is 13.2 Å². The molecule has 3 N–H and O–H groups in total. The van der Waals surface area contributed by atoms with Crippen molar-refractivity contribution in [3.63, 3.8) is 0 Å². The van der Waals surface area contributed by atoms with Gasteiger partial charge in [-0.15, -0.1) is 0 Å². The quantitative estimate of drug-likeness (QED) is 0.338. The highest BCUT2D eigenvalue weighted by molar-refractivity contribution is 7.92. The first kappa shape index (κ1) is 27.0. The van der Waals surface area contributed by atoms with E-state index in [1.807, 2.05) is 13.0 Å². The van der Waals surface area contributed by atoms with Crippen LogP contribution in [0.4, 0.5) is 11.4 Å². The number of fused-ring (bicyclic) bond motifs is 1. The fourth-order valence-corrected chi connectivity index (χ4v) is 6.10. The zero-order valence-electron chi connectivity index (χ0n) is 21.1. The van der Waals surface area contributed by atoms with Crippen molar-refractivity contribution in [3.8, 4) is 0 Å². The number of sulfonamides is 1. The van der Waals surface area contributed by atoms with Gasteiger partial charge < -0.3 is 15.3 Å². The summed E-state index contributed by atoms with van der Waals surface area (Å²) < 4.78 is 29.5. The third-order valence-electron chi connectivity index (χ3n) is 6.83. The summed E-state index contributed by atoms with van der Waals surface area (Å²) in [7, 11) is -4.01. The lowest BCUT2D eigenvalue weighted by Gasteiger charge is -2.22. The zero-order chi connectivity index (χ0) is 25.4. The molecule has 1 unspecified atom stereocenters. The predicted octanol–water partition coefficient (Wildman–Crippen LogP) is 5.38. The molecule has 35 heavy (non-hydrogen) atoms. The second-order valence-electron chi connectivity index (χ2n) is 9.31. The van der Waals surface area contributed by atoms with E-state index in [9.17, 15) is 18.3 Å². The number of hydrogen-bond acceptors (Lipinski definition) is 5. The average molecular weight is 502 g/mol. The number of anilines is 2. The Labute approximate surface area is 210 Å². The molecule has 0 amide bonds. The van der Waals surface area contributed by atoms with E-state index < -0.39 is 16.0 Å². The standard InChI is InChI=1S/C27H39N3O4S/c1-4-30(5-2)19-11-12-20(3)28-23-15-9-10-16-25(23)35(33,34)29-24-18-17-21-13-7-6-8-14-22(21)26(24)27(31)32/h9-10,15-18,20,28-29H,4-8,11-14,19H2,1-3H3,(H,31,32). The minimum atomic E-state index is -4.01. The van der Waals surface area contributed by atoms with E-state index in [-0.39, 0.29) is 22.2 Å². The van der Waals surface area contributed by atoms with E-state index in [0.717, 1.165) is 69.3 Å². The fraction of sp³-hybridized carbons (Fsp3) is 0.519. The van der Waals surface area contributed by atoms with E-state index in [1.54, 1.807) is 30.3 Å². The highest BCUT2D eigenvalue weighted by Gasteiger charge is 2.25. The molecule has 0 saturated heterocycles. The van der Waals surface area contributed by atoms with Crippen LogP contribution in [-0.4, -0.2) is 50.1 Å². The Kier molecular flexibility index (Phi) is 9.57. The van der Waals surface area contributed by atoms with E-state index in [4.69, 9.17) is 0 Å². The van der Waals surface area contributed by atoms with Crippen molar-refractivity contribution in [2.24, 2.45) is 0 Å². The minimum absolute atomic E-state index is 0.0724. The Morgan fingerprint density at radius 3 is 2.46 bits per heavy atom. The van der Waals surface area contributed by atoms with Crippen molar-refractivity contribution >= 4 is 27.4 Å². The Bertz CT molecular complexity index is 1110. The number of aryl methyl sites for hydroxylation is 1. The maximum atomic E-state index is 13.4. The fourth-order valence-electron chi connectivity index (χ4n) is 4.85. The molecule has 7 nitrogen and oxygen atoms in total. The Hall–Kier alpha value is -2.58. The van der Waals surface area contributed by atoms with E-state index >= 15 is 0 Å². The van der Waals surface area contributed by atoms with E-state index in [2.05, 4.69) is 28.8 Å². The first-order valence-corrected chi connectivity index (χ1v) is 14.2. The third-order valence-corrected chi connectivity index (χ3v) is 8.25. The highest BCUT2D eigenvalue weighted by Crippen LogP contribution is 2.32. The molecule has 0 aromatic heterocycles. The molecule has 2 aromatic rings. The number of benzene rings is 2. The SMILES string of the molecule is CCN(CC)CCCC(C)Nc1ccccc1S(=O)(=O)Nc1ccc2c(c1C(=O)O)CCCCC2. The van der Waals surface area contributed by atoms with Gasteiger partial charge in [0.05, 0.1) is 16.9 Å². The van der Waals surface area contributed by atoms with Gasteiger partial charge in [0.2, 0.25) is 0 Å². The number of hydrogen-bond donors (Lipinski definition) is 3. The lowest BCUT2D eigenvalue weighted by Crippen LogP contribution is -2.26. The molecule has 0 fully saturated rings. The molecular weight excluding hydrogens is 462 g/mol. The second-order valence-corrected chi connectivity index (χ2v) is 11.0. The number of nitrogens with one attached hydrogen (secondary N) is 2. The van der Waals surface area contributed by atoms with Crippen LogP contribution >= 0.6 is 0 Å². The summed E-state index contributed by atoms with van der Waals surface area (Å²) in [5.41, 5.74) is 2.47. The van der Waals surface area contributed by atoms with Crippen molar-refractivity contribution in [1.29, 1.82) is 0 Å². The summed E-state index contributed by atoms with van der Waals surface area (Å²) in [5, 5.41) is 13.3. The summed E-state index contributed by atoms with van der Waals surface area (Å²) in [5.74, 6) is -1.10. The molecule has 1 aliphatic carbocycles. The van der Waals surface area contributed by atoms with Gasteiger partial charge in [-0.3, -0.25) is 4.72 Å². The molecule has 0 saturated carbocycles. The lowest BCUT2D eigenvalue weighted by molar-refractivity contribution is 0.0696. The van der Waals surface area contributed by atoms with Crippen molar-refractivity contribution in [2.45, 2.75) is 76.7 Å². The van der Waals surface area contributed by atoms with Gasteiger partial charge in [-0.05, 0) is 94.4 Å². The van der Waals surface area contributed by atoms with Crippen LogP contribution in [0.15, 0.2) is 41.3 Å². The summed E-state index contributed by atoms with van der Waals surface area (Å²) >= 11 is 0. The van der Waals surface area contributed by atoms with Crippen LogP contribution in [0.1, 0.15) is 74.4 Å². The van der Waals surface area contributed by atoms with Gasteiger partial charge in [-0.2, -0.15) is 0 Å². The number of carbonyl (C=O) groups is 1. The third kappa shape index (κ3) is 6.98. The van der Waals surface area contributed by atoms with Gasteiger partial charge in [0.1, 0.15) is 4.90 Å². The monoisotopic (exact) mass is 501 g/mol. The molecule has 0 heterocycles. The Morgan fingerprint density at radius 1 is 1.03 bits per heavy atom. The molecular formula is C27H39N3O4S. The van der Waals surface area contributed by atoms with Crippen LogP contribution in [0, 0.1) is 0 Å². The van der Waals surface area contributed by atoms with Crippen LogP contribution in [-0.2, 0) is 22.9 Å². The topological polar surface area (TPSA) is 98.7 Å². The highest BCUT2D eigenvalue weighted by atomic mass is 32.2. The van der Waals surface area contributed by atoms with Gasteiger partial charge in [0.25, 0.3) is 10.0 Å². The summed E-state index contributed by atoms with van der Waals surface area (Å²) in [6.45, 7) is 9.40. The van der Waals surface area contributed by atoms with Gasteiger partial charge >= 0.3 is 5.97 Å². The van der Waals surface area contributed by atoms with Crippen LogP contribution in [0.5, 0.6) is 0 Å². The van der Waals surface area contributed by atoms with E-state index in [0.29, 0.717) is 12.1 Å². The first-order chi connectivity index (χ1) is 16.8. The molecule has 1 atom stereocenters. The zero-order valence-corrected chi connectivity index (χ0v) is 22.0. The Morgan fingerprint density at radius 2 is 1.74 bits per heavy atom. The van der Waals surface area contributed by atoms with Crippen molar-refractivity contribution in [2.75, 3.05) is 29.7 Å². The summed E-state index contributed by atoms with van der Waals surface area (Å²) in [6, 6.07) is 10.3. The summed E-state index contributed by atoms with van der Waals surface area (Å²) in [6.07, 6.45) is 6.36. The first-order valence-electron chi connectivity index (χ1n) is 12.8. The molecule has 1 aliphatic rings. The van der Waals surface area contributed by atoms with Crippen molar-refractivity contribution in [1.82, 2.24) is 4.90 Å².